The molecule has 0 atom stereocenters. The van der Waals surface area contributed by atoms with Gasteiger partial charge in [-0.25, -0.2) is 0 Å². The van der Waals surface area contributed by atoms with Gasteiger partial charge < -0.3 is 0 Å². The second-order valence-electron chi connectivity index (χ2n) is 6.01. The molecule has 1 fully saturated rings. The minimum absolute atomic E-state index is 0.107. The molecule has 1 aliphatic heterocycles. The van der Waals surface area contributed by atoms with E-state index in [1.165, 1.54) is 18.9 Å². The van der Waals surface area contributed by atoms with Gasteiger partial charge in [0.2, 0.25) is 0 Å². The van der Waals surface area contributed by atoms with Gasteiger partial charge in [-0.2, -0.15) is 0 Å². The molecule has 0 spiro atoms. The van der Waals surface area contributed by atoms with Crippen molar-refractivity contribution in [1.29, 1.82) is 0 Å². The number of halogens is 1. The zero-order chi connectivity index (χ0) is 14.0. The molecule has 4 nitrogen and oxygen atoms in total. The fourth-order valence-corrected chi connectivity index (χ4v) is 2.89. The van der Waals surface area contributed by atoms with E-state index in [9.17, 15) is 10.1 Å². The average Bonchev–Trinajstić information content (AvgIpc) is 2.30. The van der Waals surface area contributed by atoms with E-state index in [-0.39, 0.29) is 10.6 Å². The van der Waals surface area contributed by atoms with Gasteiger partial charge in [0.15, 0.2) is 0 Å². The Balaban J connectivity index is 2.14. The fraction of sp³-hybridized carbons (Fsp3) is 0.571. The third-order valence-corrected chi connectivity index (χ3v) is 3.98. The van der Waals surface area contributed by atoms with E-state index in [0.29, 0.717) is 17.0 Å². The van der Waals surface area contributed by atoms with E-state index in [2.05, 4.69) is 18.7 Å². The molecule has 5 heteroatoms. The molecule has 104 valence electrons. The number of nitrogens with zero attached hydrogens (tertiary/aromatic N) is 2. The Morgan fingerprint density at radius 2 is 2.21 bits per heavy atom. The quantitative estimate of drug-likeness (QED) is 0.624. The molecule has 0 aromatic heterocycles. The van der Waals surface area contributed by atoms with Crippen LogP contribution in [0.3, 0.4) is 0 Å². The second kappa shape index (κ2) is 5.47. The Bertz CT molecular complexity index is 488. The Hall–Kier alpha value is -1.13. The molecule has 2 rings (SSSR count). The summed E-state index contributed by atoms with van der Waals surface area (Å²) in [5.41, 5.74) is 1.26. The molecule has 0 N–H and O–H groups in total. The maximum Gasteiger partial charge on any atom is 0.269 e. The number of nitro groups is 1. The summed E-state index contributed by atoms with van der Waals surface area (Å²) in [6.07, 6.45) is 2.39. The first-order chi connectivity index (χ1) is 8.87. The highest BCUT2D eigenvalue weighted by atomic mass is 35.5. The van der Waals surface area contributed by atoms with Crippen molar-refractivity contribution in [2.45, 2.75) is 33.2 Å². The van der Waals surface area contributed by atoms with Gasteiger partial charge in [0.05, 0.1) is 4.92 Å². The van der Waals surface area contributed by atoms with Gasteiger partial charge in [0, 0.05) is 30.2 Å². The van der Waals surface area contributed by atoms with E-state index in [1.54, 1.807) is 12.1 Å². The molecular formula is C14H19ClN2O2. The second-order valence-corrected chi connectivity index (χ2v) is 6.42. The summed E-state index contributed by atoms with van der Waals surface area (Å²) in [7, 11) is 0. The van der Waals surface area contributed by atoms with Crippen molar-refractivity contribution < 1.29 is 4.92 Å². The van der Waals surface area contributed by atoms with Crippen LogP contribution >= 0.6 is 11.6 Å². The molecule has 1 saturated heterocycles. The molecule has 0 unspecified atom stereocenters. The molecule has 1 aromatic rings. The summed E-state index contributed by atoms with van der Waals surface area (Å²) in [5.74, 6) is 0. The molecule has 0 radical (unpaired) electrons. The van der Waals surface area contributed by atoms with Gasteiger partial charge in [0.25, 0.3) is 5.69 Å². The van der Waals surface area contributed by atoms with Crippen LogP contribution in [-0.4, -0.2) is 22.9 Å². The Labute approximate surface area is 118 Å². The number of hydrogen-bond donors (Lipinski definition) is 0. The molecule has 0 aliphatic carbocycles. The lowest BCUT2D eigenvalue weighted by atomic mass is 9.84. The van der Waals surface area contributed by atoms with Crippen molar-refractivity contribution in [2.24, 2.45) is 5.41 Å². The molecule has 0 bridgehead atoms. The van der Waals surface area contributed by atoms with Crippen LogP contribution in [0.15, 0.2) is 18.2 Å². The van der Waals surface area contributed by atoms with Crippen LogP contribution in [0.25, 0.3) is 0 Å². The number of nitro benzene ring substituents is 1. The van der Waals surface area contributed by atoms with Crippen LogP contribution in [0.5, 0.6) is 0 Å². The monoisotopic (exact) mass is 282 g/mol. The predicted octanol–water partition coefficient (Wildman–Crippen LogP) is 3.87. The van der Waals surface area contributed by atoms with E-state index in [4.69, 9.17) is 11.6 Å². The summed E-state index contributed by atoms with van der Waals surface area (Å²) < 4.78 is 0. The number of non-ortho nitro benzene ring substituents is 1. The van der Waals surface area contributed by atoms with Crippen molar-refractivity contribution in [1.82, 2.24) is 4.90 Å². The standard InChI is InChI=1S/C14H19ClN2O2/c1-14(2)6-3-7-16(10-14)9-11-8-12(17(18)19)4-5-13(11)15/h4-5,8H,3,6-7,9-10H2,1-2H3. The minimum Gasteiger partial charge on any atom is -0.298 e. The van der Waals surface area contributed by atoms with Crippen LogP contribution in [0.1, 0.15) is 32.3 Å². The fourth-order valence-electron chi connectivity index (χ4n) is 2.72. The molecule has 1 aliphatic rings. The van der Waals surface area contributed by atoms with E-state index in [0.717, 1.165) is 18.7 Å². The lowest BCUT2D eigenvalue weighted by Gasteiger charge is -2.38. The molecule has 19 heavy (non-hydrogen) atoms. The predicted molar refractivity (Wildman–Crippen MR) is 76.4 cm³/mol. The van der Waals surface area contributed by atoms with Crippen molar-refractivity contribution in [3.63, 3.8) is 0 Å². The van der Waals surface area contributed by atoms with Crippen molar-refractivity contribution >= 4 is 17.3 Å². The Morgan fingerprint density at radius 3 is 2.84 bits per heavy atom. The zero-order valence-electron chi connectivity index (χ0n) is 11.4. The summed E-state index contributed by atoms with van der Waals surface area (Å²) >= 11 is 6.14. The molecule has 1 heterocycles. The maximum absolute atomic E-state index is 10.8. The molecule has 0 saturated carbocycles. The van der Waals surface area contributed by atoms with Crippen LogP contribution < -0.4 is 0 Å². The molecule has 1 aromatic carbocycles. The largest absolute Gasteiger partial charge is 0.298 e. The normalized spacial score (nSPS) is 19.3. The highest BCUT2D eigenvalue weighted by Gasteiger charge is 2.26. The van der Waals surface area contributed by atoms with Gasteiger partial charge >= 0.3 is 0 Å². The van der Waals surface area contributed by atoms with E-state index >= 15 is 0 Å². The summed E-state index contributed by atoms with van der Waals surface area (Å²) in [5, 5.41) is 11.4. The smallest absolute Gasteiger partial charge is 0.269 e. The first-order valence-electron chi connectivity index (χ1n) is 6.53. The van der Waals surface area contributed by atoms with Crippen LogP contribution in [-0.2, 0) is 6.54 Å². The van der Waals surface area contributed by atoms with Crippen LogP contribution in [0.2, 0.25) is 5.02 Å². The van der Waals surface area contributed by atoms with Gasteiger partial charge in [0.1, 0.15) is 0 Å². The number of benzene rings is 1. The lowest BCUT2D eigenvalue weighted by Crippen LogP contribution is -2.39. The van der Waals surface area contributed by atoms with Crippen molar-refractivity contribution in [3.05, 3.63) is 38.9 Å². The third-order valence-electron chi connectivity index (χ3n) is 3.61. The molecular weight excluding hydrogens is 264 g/mol. The maximum atomic E-state index is 10.8. The number of rotatable bonds is 3. The Kier molecular flexibility index (Phi) is 4.11. The van der Waals surface area contributed by atoms with E-state index in [1.807, 2.05) is 0 Å². The summed E-state index contributed by atoms with van der Waals surface area (Å²) in [4.78, 5) is 12.8. The van der Waals surface area contributed by atoms with Gasteiger partial charge in [-0.1, -0.05) is 25.4 Å². The SMILES string of the molecule is CC1(C)CCCN(Cc2cc([N+](=O)[O-])ccc2Cl)C1. The number of likely N-dealkylation sites (tertiary alicyclic amines) is 1. The van der Waals surface area contributed by atoms with Crippen LogP contribution in [0, 0.1) is 15.5 Å². The summed E-state index contributed by atoms with van der Waals surface area (Å²) in [6, 6.07) is 4.65. The highest BCUT2D eigenvalue weighted by molar-refractivity contribution is 6.31. The van der Waals surface area contributed by atoms with Gasteiger partial charge in [-0.05, 0) is 36.4 Å². The van der Waals surface area contributed by atoms with Crippen LogP contribution in [0.4, 0.5) is 5.69 Å². The number of hydrogen-bond acceptors (Lipinski definition) is 3. The van der Waals surface area contributed by atoms with Gasteiger partial charge in [-0.15, -0.1) is 0 Å². The third kappa shape index (κ3) is 3.67. The van der Waals surface area contributed by atoms with Gasteiger partial charge in [-0.3, -0.25) is 15.0 Å². The minimum atomic E-state index is -0.375. The first kappa shape index (κ1) is 14.3. The first-order valence-corrected chi connectivity index (χ1v) is 6.90. The number of piperidine rings is 1. The molecule has 0 amide bonds. The zero-order valence-corrected chi connectivity index (χ0v) is 12.1. The average molecular weight is 283 g/mol. The summed E-state index contributed by atoms with van der Waals surface area (Å²) in [6.45, 7) is 7.24. The van der Waals surface area contributed by atoms with Crippen molar-refractivity contribution in [2.75, 3.05) is 13.1 Å². The lowest BCUT2D eigenvalue weighted by molar-refractivity contribution is -0.384. The topological polar surface area (TPSA) is 46.4 Å². The Morgan fingerprint density at radius 1 is 1.47 bits per heavy atom. The highest BCUT2D eigenvalue weighted by Crippen LogP contribution is 2.31. The van der Waals surface area contributed by atoms with E-state index < -0.39 is 0 Å². The van der Waals surface area contributed by atoms with Crippen molar-refractivity contribution in [3.8, 4) is 0 Å².